The van der Waals surface area contributed by atoms with Crippen LogP contribution in [0.3, 0.4) is 0 Å². The molecule has 0 fully saturated rings. The van der Waals surface area contributed by atoms with Gasteiger partial charge >= 0.3 is 0 Å². The molecule has 0 saturated heterocycles. The molecule has 1 rings (SSSR count). The van der Waals surface area contributed by atoms with Crippen LogP contribution >= 0.6 is 0 Å². The van der Waals surface area contributed by atoms with Crippen LogP contribution in [0.1, 0.15) is 29.7 Å². The lowest BCUT2D eigenvalue weighted by Gasteiger charge is -2.17. The van der Waals surface area contributed by atoms with Crippen molar-refractivity contribution in [1.82, 2.24) is 0 Å². The Labute approximate surface area is 88.8 Å². The number of methoxy groups -OCH3 is 1. The van der Waals surface area contributed by atoms with Gasteiger partial charge in [0.15, 0.2) is 0 Å². The van der Waals surface area contributed by atoms with Crippen LogP contribution in [0.25, 0.3) is 0 Å². The molecule has 0 bridgehead atoms. The molecule has 1 atom stereocenters. The van der Waals surface area contributed by atoms with E-state index in [9.17, 15) is 15.3 Å². The largest absolute Gasteiger partial charge is 0.508 e. The van der Waals surface area contributed by atoms with Crippen LogP contribution in [0.15, 0.2) is 6.07 Å². The fraction of sp³-hybridized carbons (Fsp3) is 0.455. The molecule has 0 aliphatic rings. The minimum atomic E-state index is -0.757. The van der Waals surface area contributed by atoms with E-state index in [0.717, 1.165) is 0 Å². The SMILES string of the molecule is COc1c(C)c(O)cc(C(C)O)c1CO. The standard InChI is InChI=1S/C11H16O4/c1-6-10(14)4-8(7(2)13)9(5-12)11(6)15-3/h4,7,12-14H,5H2,1-3H3. The molecular formula is C11H16O4. The van der Waals surface area contributed by atoms with Crippen LogP contribution < -0.4 is 4.74 Å². The van der Waals surface area contributed by atoms with E-state index in [0.29, 0.717) is 22.4 Å². The third-order valence-corrected chi connectivity index (χ3v) is 2.45. The molecule has 4 nitrogen and oxygen atoms in total. The number of ether oxygens (including phenoxy) is 1. The van der Waals surface area contributed by atoms with Crippen molar-refractivity contribution >= 4 is 0 Å². The smallest absolute Gasteiger partial charge is 0.131 e. The molecule has 15 heavy (non-hydrogen) atoms. The first kappa shape index (κ1) is 11.8. The van der Waals surface area contributed by atoms with Crippen molar-refractivity contribution in [2.45, 2.75) is 26.6 Å². The summed E-state index contributed by atoms with van der Waals surface area (Å²) in [6.07, 6.45) is -0.757. The zero-order valence-corrected chi connectivity index (χ0v) is 9.11. The number of aliphatic hydroxyl groups is 2. The Morgan fingerprint density at radius 2 is 2.07 bits per heavy atom. The van der Waals surface area contributed by atoms with Crippen LogP contribution in [0.4, 0.5) is 0 Å². The van der Waals surface area contributed by atoms with E-state index in [4.69, 9.17) is 4.74 Å². The molecule has 1 aromatic carbocycles. The molecule has 0 saturated carbocycles. The summed E-state index contributed by atoms with van der Waals surface area (Å²) < 4.78 is 5.11. The van der Waals surface area contributed by atoms with Crippen LogP contribution in [0.2, 0.25) is 0 Å². The summed E-state index contributed by atoms with van der Waals surface area (Å²) in [5.41, 5.74) is 1.56. The normalized spacial score (nSPS) is 12.6. The van der Waals surface area contributed by atoms with E-state index in [2.05, 4.69) is 0 Å². The van der Waals surface area contributed by atoms with Gasteiger partial charge < -0.3 is 20.1 Å². The fourth-order valence-electron chi connectivity index (χ4n) is 1.63. The number of phenolic OH excluding ortho intramolecular Hbond substituents is 1. The molecule has 1 unspecified atom stereocenters. The molecule has 0 radical (unpaired) electrons. The van der Waals surface area contributed by atoms with E-state index < -0.39 is 6.10 Å². The molecule has 4 heteroatoms. The average molecular weight is 212 g/mol. The summed E-state index contributed by atoms with van der Waals surface area (Å²) in [4.78, 5) is 0. The Morgan fingerprint density at radius 1 is 1.47 bits per heavy atom. The molecule has 3 N–H and O–H groups in total. The van der Waals surface area contributed by atoms with Gasteiger partial charge in [0, 0.05) is 11.1 Å². The van der Waals surface area contributed by atoms with Gasteiger partial charge in [-0.2, -0.15) is 0 Å². The van der Waals surface area contributed by atoms with Crippen molar-refractivity contribution in [1.29, 1.82) is 0 Å². The topological polar surface area (TPSA) is 69.9 Å². The van der Waals surface area contributed by atoms with Gasteiger partial charge in [0.05, 0.1) is 19.8 Å². The van der Waals surface area contributed by atoms with Crippen molar-refractivity contribution < 1.29 is 20.1 Å². The Balaban J connectivity index is 3.47. The Bertz CT molecular complexity index is 358. The highest BCUT2D eigenvalue weighted by atomic mass is 16.5. The molecule has 0 heterocycles. The minimum absolute atomic E-state index is 0.0555. The second-order valence-corrected chi connectivity index (χ2v) is 3.46. The van der Waals surface area contributed by atoms with Crippen LogP contribution in [-0.4, -0.2) is 22.4 Å². The maximum absolute atomic E-state index is 9.61. The number of rotatable bonds is 3. The summed E-state index contributed by atoms with van der Waals surface area (Å²) in [5, 5.41) is 28.3. The van der Waals surface area contributed by atoms with Crippen molar-refractivity contribution in [3.05, 3.63) is 22.8 Å². The average Bonchev–Trinajstić information content (AvgIpc) is 2.20. The highest BCUT2D eigenvalue weighted by Gasteiger charge is 2.17. The maximum Gasteiger partial charge on any atom is 0.131 e. The lowest BCUT2D eigenvalue weighted by molar-refractivity contribution is 0.191. The number of benzene rings is 1. The van der Waals surface area contributed by atoms with Crippen LogP contribution in [-0.2, 0) is 6.61 Å². The third-order valence-electron chi connectivity index (χ3n) is 2.45. The van der Waals surface area contributed by atoms with E-state index in [1.165, 1.54) is 13.2 Å². The quantitative estimate of drug-likeness (QED) is 0.705. The minimum Gasteiger partial charge on any atom is -0.508 e. The summed E-state index contributed by atoms with van der Waals surface area (Å²) in [6.45, 7) is 3.03. The summed E-state index contributed by atoms with van der Waals surface area (Å²) >= 11 is 0. The number of hydrogen-bond donors (Lipinski definition) is 3. The summed E-state index contributed by atoms with van der Waals surface area (Å²) in [7, 11) is 1.47. The molecule has 0 aromatic heterocycles. The molecule has 0 spiro atoms. The second-order valence-electron chi connectivity index (χ2n) is 3.46. The van der Waals surface area contributed by atoms with Crippen molar-refractivity contribution in [3.8, 4) is 11.5 Å². The first-order valence-electron chi connectivity index (χ1n) is 4.71. The molecule has 0 amide bonds. The van der Waals surface area contributed by atoms with Gasteiger partial charge in [0.2, 0.25) is 0 Å². The number of hydrogen-bond acceptors (Lipinski definition) is 4. The van der Waals surface area contributed by atoms with Crippen LogP contribution in [0.5, 0.6) is 11.5 Å². The predicted octanol–water partition coefficient (Wildman–Crippen LogP) is 1.25. The Kier molecular flexibility index (Phi) is 3.55. The van der Waals surface area contributed by atoms with Gasteiger partial charge in [-0.15, -0.1) is 0 Å². The van der Waals surface area contributed by atoms with Crippen molar-refractivity contribution in [2.75, 3.05) is 7.11 Å². The lowest BCUT2D eigenvalue weighted by Crippen LogP contribution is -2.03. The van der Waals surface area contributed by atoms with Gasteiger partial charge in [0.25, 0.3) is 0 Å². The van der Waals surface area contributed by atoms with Crippen molar-refractivity contribution in [3.63, 3.8) is 0 Å². The molecule has 0 aliphatic heterocycles. The van der Waals surface area contributed by atoms with Crippen LogP contribution in [0, 0.1) is 6.92 Å². The summed E-state index contributed by atoms with van der Waals surface area (Å²) in [6, 6.07) is 1.45. The lowest BCUT2D eigenvalue weighted by atomic mass is 9.99. The van der Waals surface area contributed by atoms with E-state index >= 15 is 0 Å². The van der Waals surface area contributed by atoms with E-state index in [1.54, 1.807) is 13.8 Å². The number of aromatic hydroxyl groups is 1. The second kappa shape index (κ2) is 4.51. The zero-order chi connectivity index (χ0) is 11.6. The Morgan fingerprint density at radius 3 is 2.47 bits per heavy atom. The van der Waals surface area contributed by atoms with E-state index in [-0.39, 0.29) is 12.4 Å². The molecule has 0 aliphatic carbocycles. The van der Waals surface area contributed by atoms with Gasteiger partial charge in [-0.25, -0.2) is 0 Å². The third kappa shape index (κ3) is 2.06. The highest BCUT2D eigenvalue weighted by molar-refractivity contribution is 5.53. The first-order valence-corrected chi connectivity index (χ1v) is 4.71. The maximum atomic E-state index is 9.61. The zero-order valence-electron chi connectivity index (χ0n) is 9.11. The molecule has 1 aromatic rings. The van der Waals surface area contributed by atoms with Gasteiger partial charge in [0.1, 0.15) is 11.5 Å². The van der Waals surface area contributed by atoms with Gasteiger partial charge in [-0.05, 0) is 25.5 Å². The summed E-state index contributed by atoms with van der Waals surface area (Å²) in [5.74, 6) is 0.480. The monoisotopic (exact) mass is 212 g/mol. The number of aliphatic hydroxyl groups excluding tert-OH is 2. The first-order chi connectivity index (χ1) is 7.02. The number of phenols is 1. The van der Waals surface area contributed by atoms with Gasteiger partial charge in [-0.1, -0.05) is 0 Å². The van der Waals surface area contributed by atoms with Crippen molar-refractivity contribution in [2.24, 2.45) is 0 Å². The molecular weight excluding hydrogens is 196 g/mol. The molecule has 84 valence electrons. The van der Waals surface area contributed by atoms with Gasteiger partial charge in [-0.3, -0.25) is 0 Å². The van der Waals surface area contributed by atoms with E-state index in [1.807, 2.05) is 0 Å². The fourth-order valence-corrected chi connectivity index (χ4v) is 1.63. The Hall–Kier alpha value is -1.26. The predicted molar refractivity (Wildman–Crippen MR) is 56.0 cm³/mol. The highest BCUT2D eigenvalue weighted by Crippen LogP contribution is 2.36.